The van der Waals surface area contributed by atoms with Crippen LogP contribution in [0, 0.1) is 6.67 Å². The summed E-state index contributed by atoms with van der Waals surface area (Å²) in [6.45, 7) is 6.55. The lowest BCUT2D eigenvalue weighted by Gasteiger charge is -2.23. The van der Waals surface area contributed by atoms with Crippen molar-refractivity contribution in [3.05, 3.63) is 31.0 Å². The van der Waals surface area contributed by atoms with Gasteiger partial charge in [-0.05, 0) is 6.42 Å². The maximum absolute atomic E-state index is 3.26. The number of rotatable bonds is 3. The molecule has 1 N–H and O–H groups in total. The van der Waals surface area contributed by atoms with E-state index in [1.165, 1.54) is 12.8 Å². The van der Waals surface area contributed by atoms with E-state index in [2.05, 4.69) is 48.1 Å². The van der Waals surface area contributed by atoms with E-state index in [4.69, 9.17) is 0 Å². The van der Waals surface area contributed by atoms with Crippen molar-refractivity contribution in [2.45, 2.75) is 31.8 Å². The van der Waals surface area contributed by atoms with Gasteiger partial charge >= 0.3 is 0 Å². The molecule has 1 aliphatic carbocycles. The van der Waals surface area contributed by atoms with Crippen LogP contribution in [0.5, 0.6) is 0 Å². The average molecular weight is 176 g/mol. The van der Waals surface area contributed by atoms with Gasteiger partial charge in [-0.2, -0.15) is 0 Å². The minimum Gasteiger partial charge on any atom is -0.285 e. The lowest BCUT2D eigenvalue weighted by atomic mass is 10.0. The summed E-state index contributed by atoms with van der Waals surface area (Å²) in [5, 5.41) is 3.26. The van der Waals surface area contributed by atoms with Crippen molar-refractivity contribution in [3.63, 3.8) is 0 Å². The Morgan fingerprint density at radius 1 is 1.38 bits per heavy atom. The zero-order valence-corrected chi connectivity index (χ0v) is 8.03. The molecule has 2 unspecified atom stereocenters. The Balaban J connectivity index is 1.93. The molecule has 1 fully saturated rings. The molecule has 0 aromatic heterocycles. The summed E-state index contributed by atoms with van der Waals surface area (Å²) in [6.07, 6.45) is 11.1. The molecule has 0 aromatic rings. The third-order valence-corrected chi connectivity index (χ3v) is 2.59. The van der Waals surface area contributed by atoms with E-state index in [9.17, 15) is 0 Å². The van der Waals surface area contributed by atoms with Gasteiger partial charge in [-0.3, -0.25) is 10.2 Å². The van der Waals surface area contributed by atoms with Crippen LogP contribution >= 0.6 is 0 Å². The smallest absolute Gasteiger partial charge is 0.144 e. The second-order valence-corrected chi connectivity index (χ2v) is 3.59. The fourth-order valence-electron chi connectivity index (χ4n) is 1.79. The summed E-state index contributed by atoms with van der Waals surface area (Å²) < 4.78 is 0. The Bertz CT molecular complexity index is 220. The maximum Gasteiger partial charge on any atom is 0.144 e. The van der Waals surface area contributed by atoms with Crippen molar-refractivity contribution in [3.8, 4) is 0 Å². The predicted molar refractivity (Wildman–Crippen MR) is 53.8 cm³/mol. The second kappa shape index (κ2) is 4.07. The van der Waals surface area contributed by atoms with Crippen molar-refractivity contribution in [2.24, 2.45) is 0 Å². The quantitative estimate of drug-likeness (QED) is 0.702. The van der Waals surface area contributed by atoms with E-state index in [-0.39, 0.29) is 0 Å². The molecule has 13 heavy (non-hydrogen) atoms. The maximum atomic E-state index is 3.26. The minimum atomic E-state index is 0.446. The predicted octanol–water partition coefficient (Wildman–Crippen LogP) is 1.55. The molecule has 2 radical (unpaired) electrons. The van der Waals surface area contributed by atoms with Crippen LogP contribution < -0.4 is 5.32 Å². The fraction of sp³-hybridized carbons (Fsp3) is 0.545. The van der Waals surface area contributed by atoms with E-state index < -0.39 is 0 Å². The molecule has 2 atom stereocenters. The van der Waals surface area contributed by atoms with Gasteiger partial charge in [0.2, 0.25) is 0 Å². The molecule has 1 aliphatic heterocycles. The third kappa shape index (κ3) is 1.84. The molecule has 0 amide bonds. The summed E-state index contributed by atoms with van der Waals surface area (Å²) in [4.78, 5) is 2.27. The number of unbranched alkanes of at least 4 members (excludes halogenated alkanes) is 1. The van der Waals surface area contributed by atoms with Gasteiger partial charge in [0.25, 0.3) is 0 Å². The Hall–Kier alpha value is -0.600. The lowest BCUT2D eigenvalue weighted by molar-refractivity contribution is 0.319. The Kier molecular flexibility index (Phi) is 2.81. The first kappa shape index (κ1) is 8.97. The SMILES string of the molecule is CCCCN1[C]NC2C=CC=CC21. The van der Waals surface area contributed by atoms with Crippen LogP contribution in [0.1, 0.15) is 19.8 Å². The standard InChI is InChI=1S/C11H16N2/c1-2-3-8-13-9-12-10-6-4-5-7-11(10)13/h4-7,10-12H,2-3,8H2,1H3. The molecule has 0 aromatic carbocycles. The molecule has 2 aliphatic rings. The average Bonchev–Trinajstić information content (AvgIpc) is 2.58. The van der Waals surface area contributed by atoms with Crippen LogP contribution in [0.15, 0.2) is 24.3 Å². The number of nitrogens with zero attached hydrogens (tertiary/aromatic N) is 1. The molecule has 2 rings (SSSR count). The molecule has 0 spiro atoms. The lowest BCUT2D eigenvalue weighted by Crippen LogP contribution is -2.34. The van der Waals surface area contributed by atoms with Gasteiger partial charge in [0.15, 0.2) is 0 Å². The fourth-order valence-corrected chi connectivity index (χ4v) is 1.79. The van der Waals surface area contributed by atoms with E-state index in [1.807, 2.05) is 0 Å². The Morgan fingerprint density at radius 3 is 3.08 bits per heavy atom. The third-order valence-electron chi connectivity index (χ3n) is 2.59. The van der Waals surface area contributed by atoms with E-state index in [0.29, 0.717) is 12.1 Å². The van der Waals surface area contributed by atoms with Gasteiger partial charge in [-0.25, -0.2) is 0 Å². The monoisotopic (exact) mass is 176 g/mol. The highest BCUT2D eigenvalue weighted by atomic mass is 15.3. The van der Waals surface area contributed by atoms with E-state index in [1.54, 1.807) is 0 Å². The highest BCUT2D eigenvalue weighted by Crippen LogP contribution is 2.20. The van der Waals surface area contributed by atoms with Crippen molar-refractivity contribution in [1.82, 2.24) is 10.2 Å². The largest absolute Gasteiger partial charge is 0.285 e. The summed E-state index contributed by atoms with van der Waals surface area (Å²) in [6, 6.07) is 0.943. The molecule has 0 bridgehead atoms. The van der Waals surface area contributed by atoms with Crippen LogP contribution in [0.25, 0.3) is 0 Å². The summed E-state index contributed by atoms with van der Waals surface area (Å²) in [5.41, 5.74) is 0. The number of fused-ring (bicyclic) bond motifs is 1. The van der Waals surface area contributed by atoms with E-state index in [0.717, 1.165) is 6.54 Å². The van der Waals surface area contributed by atoms with Crippen LogP contribution in [-0.4, -0.2) is 23.5 Å². The zero-order valence-electron chi connectivity index (χ0n) is 8.03. The second-order valence-electron chi connectivity index (χ2n) is 3.59. The van der Waals surface area contributed by atoms with Crippen molar-refractivity contribution < 1.29 is 0 Å². The van der Waals surface area contributed by atoms with Crippen LogP contribution in [0.2, 0.25) is 0 Å². The molecular weight excluding hydrogens is 160 g/mol. The molecular formula is C11H16N2. The number of hydrogen-bond donors (Lipinski definition) is 1. The number of hydrogen-bond acceptors (Lipinski definition) is 2. The normalized spacial score (nSPS) is 32.4. The van der Waals surface area contributed by atoms with Crippen molar-refractivity contribution in [2.75, 3.05) is 6.54 Å². The Labute approximate surface area is 80.3 Å². The molecule has 2 heteroatoms. The zero-order chi connectivity index (χ0) is 9.10. The van der Waals surface area contributed by atoms with E-state index >= 15 is 0 Å². The Morgan fingerprint density at radius 2 is 2.23 bits per heavy atom. The van der Waals surface area contributed by atoms with Crippen molar-refractivity contribution in [1.29, 1.82) is 0 Å². The summed E-state index contributed by atoms with van der Waals surface area (Å²) in [7, 11) is 0. The molecule has 1 heterocycles. The molecule has 70 valence electrons. The van der Waals surface area contributed by atoms with Crippen molar-refractivity contribution >= 4 is 0 Å². The van der Waals surface area contributed by atoms with Gasteiger partial charge in [0.1, 0.15) is 6.67 Å². The van der Waals surface area contributed by atoms with Gasteiger partial charge in [-0.1, -0.05) is 37.6 Å². The molecule has 1 saturated heterocycles. The van der Waals surface area contributed by atoms with Crippen LogP contribution in [0.3, 0.4) is 0 Å². The van der Waals surface area contributed by atoms with Gasteiger partial charge < -0.3 is 0 Å². The van der Waals surface area contributed by atoms with Crippen LogP contribution in [0.4, 0.5) is 0 Å². The van der Waals surface area contributed by atoms with Gasteiger partial charge in [-0.15, -0.1) is 0 Å². The number of nitrogens with one attached hydrogen (secondary N) is 1. The first-order valence-corrected chi connectivity index (χ1v) is 5.04. The minimum absolute atomic E-state index is 0.446. The van der Waals surface area contributed by atoms with Gasteiger partial charge in [0, 0.05) is 18.6 Å². The highest BCUT2D eigenvalue weighted by molar-refractivity contribution is 5.23. The first-order chi connectivity index (χ1) is 6.42. The number of allylic oxidation sites excluding steroid dienone is 2. The summed E-state index contributed by atoms with van der Waals surface area (Å²) >= 11 is 0. The first-order valence-electron chi connectivity index (χ1n) is 5.04. The molecule has 0 saturated carbocycles. The topological polar surface area (TPSA) is 15.3 Å². The van der Waals surface area contributed by atoms with Crippen LogP contribution in [-0.2, 0) is 0 Å². The van der Waals surface area contributed by atoms with Gasteiger partial charge in [0.05, 0.1) is 0 Å². The summed E-state index contributed by atoms with van der Waals surface area (Å²) in [5.74, 6) is 0. The molecule has 2 nitrogen and oxygen atoms in total. The highest BCUT2D eigenvalue weighted by Gasteiger charge is 2.31.